The van der Waals surface area contributed by atoms with Crippen molar-refractivity contribution in [2.75, 3.05) is 0 Å². The van der Waals surface area contributed by atoms with Gasteiger partial charge in [0.2, 0.25) is 11.8 Å². The van der Waals surface area contributed by atoms with E-state index >= 15 is 0 Å². The van der Waals surface area contributed by atoms with E-state index in [-0.39, 0.29) is 24.7 Å². The van der Waals surface area contributed by atoms with E-state index in [0.717, 1.165) is 24.0 Å². The van der Waals surface area contributed by atoms with Crippen molar-refractivity contribution in [2.24, 2.45) is 0 Å². The number of hydrogen-bond acceptors (Lipinski definition) is 2. The van der Waals surface area contributed by atoms with Gasteiger partial charge in [0.15, 0.2) is 0 Å². The molecular formula is C20H22N2O2. The van der Waals surface area contributed by atoms with Crippen LogP contribution in [0.4, 0.5) is 0 Å². The molecule has 2 aromatic rings. The summed E-state index contributed by atoms with van der Waals surface area (Å²) in [6.07, 6.45) is 5.23. The first kappa shape index (κ1) is 16.2. The van der Waals surface area contributed by atoms with E-state index in [1.807, 2.05) is 36.4 Å². The average Bonchev–Trinajstić information content (AvgIpc) is 2.61. The van der Waals surface area contributed by atoms with E-state index in [9.17, 15) is 9.59 Å². The van der Waals surface area contributed by atoms with E-state index in [1.165, 1.54) is 24.0 Å². The molecule has 0 saturated carbocycles. The molecule has 1 aliphatic rings. The van der Waals surface area contributed by atoms with Crippen LogP contribution >= 0.6 is 0 Å². The number of benzene rings is 2. The van der Waals surface area contributed by atoms with Crippen molar-refractivity contribution < 1.29 is 9.59 Å². The lowest BCUT2D eigenvalue weighted by atomic mass is 9.90. The lowest BCUT2D eigenvalue weighted by Crippen LogP contribution is -2.43. The maximum absolute atomic E-state index is 12.0. The molecule has 0 aromatic heterocycles. The molecule has 124 valence electrons. The minimum atomic E-state index is -0.222. The zero-order chi connectivity index (χ0) is 16.8. The number of hydrazine groups is 1. The second-order valence-electron chi connectivity index (χ2n) is 6.25. The fourth-order valence-corrected chi connectivity index (χ4v) is 3.09. The van der Waals surface area contributed by atoms with Gasteiger partial charge in [-0.3, -0.25) is 20.4 Å². The van der Waals surface area contributed by atoms with Crippen molar-refractivity contribution in [1.82, 2.24) is 10.9 Å². The molecule has 2 N–H and O–H groups in total. The van der Waals surface area contributed by atoms with Gasteiger partial charge in [-0.15, -0.1) is 0 Å². The van der Waals surface area contributed by atoms with Crippen molar-refractivity contribution in [2.45, 2.75) is 38.5 Å². The van der Waals surface area contributed by atoms with Crippen LogP contribution in [0.1, 0.15) is 35.1 Å². The summed E-state index contributed by atoms with van der Waals surface area (Å²) in [5.74, 6) is -0.424. The first-order valence-corrected chi connectivity index (χ1v) is 8.43. The number of amides is 2. The van der Waals surface area contributed by atoms with Crippen molar-refractivity contribution in [1.29, 1.82) is 0 Å². The molecule has 0 spiro atoms. The van der Waals surface area contributed by atoms with Crippen molar-refractivity contribution in [3.63, 3.8) is 0 Å². The summed E-state index contributed by atoms with van der Waals surface area (Å²) in [5, 5.41) is 0. The molecule has 2 amide bonds. The second-order valence-corrected chi connectivity index (χ2v) is 6.25. The minimum absolute atomic E-state index is 0.202. The third kappa shape index (κ3) is 4.44. The van der Waals surface area contributed by atoms with Crippen LogP contribution < -0.4 is 10.9 Å². The number of nitrogens with one attached hydrogen (secondary N) is 2. The summed E-state index contributed by atoms with van der Waals surface area (Å²) in [4.78, 5) is 23.8. The SMILES string of the molecule is O=C(Cc1ccccc1)NNC(=O)Cc1ccc2c(c1)CCCC2. The molecule has 4 nitrogen and oxygen atoms in total. The molecule has 24 heavy (non-hydrogen) atoms. The highest BCUT2D eigenvalue weighted by molar-refractivity contribution is 5.84. The molecule has 0 unspecified atom stereocenters. The van der Waals surface area contributed by atoms with Gasteiger partial charge in [0, 0.05) is 0 Å². The molecule has 2 aromatic carbocycles. The molecule has 0 fully saturated rings. The Bertz CT molecular complexity index is 726. The topological polar surface area (TPSA) is 58.2 Å². The predicted octanol–water partition coefficient (Wildman–Crippen LogP) is 2.50. The first-order valence-electron chi connectivity index (χ1n) is 8.43. The summed E-state index contributed by atoms with van der Waals surface area (Å²) in [7, 11) is 0. The number of hydrogen-bond donors (Lipinski definition) is 2. The van der Waals surface area contributed by atoms with Crippen LogP contribution in [-0.4, -0.2) is 11.8 Å². The van der Waals surface area contributed by atoms with E-state index in [0.29, 0.717) is 0 Å². The molecule has 0 radical (unpaired) electrons. The van der Waals surface area contributed by atoms with Crippen LogP contribution in [0.3, 0.4) is 0 Å². The molecule has 4 heteroatoms. The molecular weight excluding hydrogens is 300 g/mol. The Morgan fingerprint density at radius 1 is 0.750 bits per heavy atom. The third-order valence-corrected chi connectivity index (χ3v) is 4.33. The van der Waals surface area contributed by atoms with Gasteiger partial charge in [0.05, 0.1) is 12.8 Å². The summed E-state index contributed by atoms with van der Waals surface area (Å²) in [5.41, 5.74) is 9.64. The maximum Gasteiger partial charge on any atom is 0.242 e. The van der Waals surface area contributed by atoms with E-state index < -0.39 is 0 Å². The zero-order valence-electron chi connectivity index (χ0n) is 13.7. The minimum Gasteiger partial charge on any atom is -0.273 e. The quantitative estimate of drug-likeness (QED) is 0.850. The van der Waals surface area contributed by atoms with Gasteiger partial charge in [-0.1, -0.05) is 48.5 Å². The van der Waals surface area contributed by atoms with E-state index in [4.69, 9.17) is 0 Å². The smallest absolute Gasteiger partial charge is 0.242 e. The van der Waals surface area contributed by atoms with Gasteiger partial charge < -0.3 is 0 Å². The average molecular weight is 322 g/mol. The fourth-order valence-electron chi connectivity index (χ4n) is 3.09. The van der Waals surface area contributed by atoms with Gasteiger partial charge in [-0.25, -0.2) is 0 Å². The Kier molecular flexibility index (Phi) is 5.26. The third-order valence-electron chi connectivity index (χ3n) is 4.33. The van der Waals surface area contributed by atoms with E-state index in [2.05, 4.69) is 23.0 Å². The van der Waals surface area contributed by atoms with Crippen LogP contribution in [0.25, 0.3) is 0 Å². The molecule has 1 aliphatic carbocycles. The van der Waals surface area contributed by atoms with Crippen molar-refractivity contribution >= 4 is 11.8 Å². The Labute approximate surface area is 142 Å². The van der Waals surface area contributed by atoms with Gasteiger partial charge >= 0.3 is 0 Å². The highest BCUT2D eigenvalue weighted by Crippen LogP contribution is 2.22. The fraction of sp³-hybridized carbons (Fsp3) is 0.300. The maximum atomic E-state index is 12.0. The summed E-state index contributed by atoms with van der Waals surface area (Å²) in [6.45, 7) is 0. The van der Waals surface area contributed by atoms with Gasteiger partial charge in [-0.2, -0.15) is 0 Å². The van der Waals surface area contributed by atoms with Crippen molar-refractivity contribution in [3.05, 3.63) is 70.8 Å². The van der Waals surface area contributed by atoms with Crippen molar-refractivity contribution in [3.8, 4) is 0 Å². The number of rotatable bonds is 4. The van der Waals surface area contributed by atoms with Crippen LogP contribution in [0, 0.1) is 0 Å². The van der Waals surface area contributed by atoms with Gasteiger partial charge in [0.1, 0.15) is 0 Å². The Balaban J connectivity index is 1.48. The molecule has 0 heterocycles. The lowest BCUT2D eigenvalue weighted by molar-refractivity contribution is -0.128. The number of fused-ring (bicyclic) bond motifs is 1. The molecule has 3 rings (SSSR count). The van der Waals surface area contributed by atoms with Crippen LogP contribution in [0.5, 0.6) is 0 Å². The standard InChI is InChI=1S/C20H22N2O2/c23-19(13-15-6-2-1-3-7-15)21-22-20(24)14-16-10-11-17-8-4-5-9-18(17)12-16/h1-3,6-7,10-12H,4-5,8-9,13-14H2,(H,21,23)(H,22,24). The molecule has 0 saturated heterocycles. The zero-order valence-corrected chi connectivity index (χ0v) is 13.7. The highest BCUT2D eigenvalue weighted by atomic mass is 16.2. The van der Waals surface area contributed by atoms with Gasteiger partial charge in [0.25, 0.3) is 0 Å². The Morgan fingerprint density at radius 2 is 1.38 bits per heavy atom. The van der Waals surface area contributed by atoms with Gasteiger partial charge in [-0.05, 0) is 47.9 Å². The summed E-state index contributed by atoms with van der Waals surface area (Å²) >= 11 is 0. The molecule has 0 bridgehead atoms. The highest BCUT2D eigenvalue weighted by Gasteiger charge is 2.11. The molecule has 0 aliphatic heterocycles. The summed E-state index contributed by atoms with van der Waals surface area (Å²) in [6, 6.07) is 15.7. The molecule has 0 atom stereocenters. The normalized spacial score (nSPS) is 13.0. The lowest BCUT2D eigenvalue weighted by Gasteiger charge is -2.16. The van der Waals surface area contributed by atoms with E-state index in [1.54, 1.807) is 0 Å². The Morgan fingerprint density at radius 3 is 2.08 bits per heavy atom. The Hall–Kier alpha value is -2.62. The van der Waals surface area contributed by atoms with Crippen LogP contribution in [0.15, 0.2) is 48.5 Å². The summed E-state index contributed by atoms with van der Waals surface area (Å²) < 4.78 is 0. The monoisotopic (exact) mass is 322 g/mol. The van der Waals surface area contributed by atoms with Crippen LogP contribution in [0.2, 0.25) is 0 Å². The predicted molar refractivity (Wildman–Crippen MR) is 93.2 cm³/mol. The van der Waals surface area contributed by atoms with Crippen LogP contribution in [-0.2, 0) is 35.3 Å². The number of carbonyl (C=O) groups is 2. The first-order chi connectivity index (χ1) is 11.7. The second kappa shape index (κ2) is 7.77. The number of carbonyl (C=O) groups excluding carboxylic acids is 2. The largest absolute Gasteiger partial charge is 0.273 e. The number of aryl methyl sites for hydroxylation is 2.